The third kappa shape index (κ3) is 4.54. The lowest BCUT2D eigenvalue weighted by Gasteiger charge is -2.46. The first-order valence-corrected chi connectivity index (χ1v) is 11.1. The number of amides is 2. The van der Waals surface area contributed by atoms with E-state index in [1.807, 2.05) is 30.3 Å². The molecule has 0 bridgehead atoms. The van der Waals surface area contributed by atoms with Crippen LogP contribution < -0.4 is 4.74 Å². The molecule has 0 aromatic heterocycles. The number of non-ortho nitro benzene ring substituents is 1. The molecule has 3 fully saturated rings. The van der Waals surface area contributed by atoms with Crippen molar-refractivity contribution in [1.29, 1.82) is 0 Å². The predicted molar refractivity (Wildman–Crippen MR) is 120 cm³/mol. The summed E-state index contributed by atoms with van der Waals surface area (Å²) in [7, 11) is 0. The Kier molecular flexibility index (Phi) is 6.65. The Morgan fingerprint density at radius 1 is 1.14 bits per heavy atom. The number of nitro groups is 1. The molecule has 12 nitrogen and oxygen atoms in total. The Labute approximate surface area is 205 Å². The number of carbonyl (C=O) groups excluding carboxylic acids is 2. The van der Waals surface area contributed by atoms with Crippen molar-refractivity contribution >= 4 is 17.9 Å². The SMILES string of the molecule is C=CCO[C@H]1O[C@@H]2CO[C@@H](c3ccccc3)O[C@H]2[C@@H]2OC(=O)N(C(=O)Oc3ccc([N+](=O)[O-])cc3)[C@@H]12. The van der Waals surface area contributed by atoms with E-state index in [1.165, 1.54) is 30.3 Å². The first-order chi connectivity index (χ1) is 17.5. The maximum atomic E-state index is 13.0. The highest BCUT2D eigenvalue weighted by Crippen LogP contribution is 2.40. The van der Waals surface area contributed by atoms with Gasteiger partial charge in [0.1, 0.15) is 24.0 Å². The Bertz CT molecular complexity index is 1140. The monoisotopic (exact) mass is 498 g/mol. The second-order valence-corrected chi connectivity index (χ2v) is 8.17. The Morgan fingerprint density at radius 3 is 2.58 bits per heavy atom. The summed E-state index contributed by atoms with van der Waals surface area (Å²) in [5.74, 6) is 0.00599. The second-order valence-electron chi connectivity index (χ2n) is 8.17. The van der Waals surface area contributed by atoms with Gasteiger partial charge in [-0.15, -0.1) is 6.58 Å². The second kappa shape index (κ2) is 10.0. The van der Waals surface area contributed by atoms with Crippen molar-refractivity contribution in [2.75, 3.05) is 13.2 Å². The third-order valence-electron chi connectivity index (χ3n) is 5.94. The van der Waals surface area contributed by atoms with Crippen molar-refractivity contribution in [3.05, 3.63) is 82.9 Å². The van der Waals surface area contributed by atoms with Crippen molar-refractivity contribution < 1.29 is 42.9 Å². The minimum Gasteiger partial charge on any atom is -0.440 e. The molecule has 36 heavy (non-hydrogen) atoms. The number of benzene rings is 2. The predicted octanol–water partition coefficient (Wildman–Crippen LogP) is 3.32. The van der Waals surface area contributed by atoms with Gasteiger partial charge < -0.3 is 28.4 Å². The molecule has 2 aromatic rings. The minimum absolute atomic E-state index is 0.00599. The molecule has 6 atom stereocenters. The van der Waals surface area contributed by atoms with Crippen molar-refractivity contribution in [2.24, 2.45) is 0 Å². The van der Waals surface area contributed by atoms with Crippen LogP contribution in [0.15, 0.2) is 67.3 Å². The van der Waals surface area contributed by atoms with E-state index in [9.17, 15) is 19.7 Å². The topological polar surface area (TPSA) is 136 Å². The fourth-order valence-electron chi connectivity index (χ4n) is 4.32. The molecule has 2 amide bonds. The molecule has 5 rings (SSSR count). The lowest BCUT2D eigenvalue weighted by atomic mass is 9.95. The van der Waals surface area contributed by atoms with Crippen LogP contribution in [0.25, 0.3) is 0 Å². The molecule has 2 aromatic carbocycles. The summed E-state index contributed by atoms with van der Waals surface area (Å²) < 4.78 is 34.6. The van der Waals surface area contributed by atoms with Crippen LogP contribution in [-0.2, 0) is 23.7 Å². The number of fused-ring (bicyclic) bond motifs is 3. The van der Waals surface area contributed by atoms with Gasteiger partial charge in [0.25, 0.3) is 5.69 Å². The van der Waals surface area contributed by atoms with E-state index in [0.717, 1.165) is 10.5 Å². The molecule has 0 radical (unpaired) electrons. The van der Waals surface area contributed by atoms with E-state index in [1.54, 1.807) is 0 Å². The zero-order valence-electron chi connectivity index (χ0n) is 18.8. The lowest BCUT2D eigenvalue weighted by molar-refractivity contribution is -0.384. The number of nitro benzene ring substituents is 1. The fraction of sp³-hybridized carbons (Fsp3) is 0.333. The zero-order valence-corrected chi connectivity index (χ0v) is 18.8. The standard InChI is InChI=1S/C24H22N2O10/c1-2-12-31-22-18-20(19-17(34-22)13-32-21(35-19)14-6-4-3-5-7-14)36-24(28)25(18)23(27)33-16-10-8-15(9-11-16)26(29)30/h2-11,17-22H,1,12-13H2/t17-,18-,19-,20-,21-,22+/m1/s1. The van der Waals surface area contributed by atoms with Crippen LogP contribution in [0.3, 0.4) is 0 Å². The van der Waals surface area contributed by atoms with Gasteiger partial charge >= 0.3 is 12.2 Å². The van der Waals surface area contributed by atoms with Gasteiger partial charge in [-0.3, -0.25) is 10.1 Å². The normalized spacial score (nSPS) is 29.0. The summed E-state index contributed by atoms with van der Waals surface area (Å²) in [6.45, 7) is 3.85. The van der Waals surface area contributed by atoms with Gasteiger partial charge in [0.05, 0.1) is 18.1 Å². The van der Waals surface area contributed by atoms with Crippen molar-refractivity contribution in [1.82, 2.24) is 4.90 Å². The highest BCUT2D eigenvalue weighted by Gasteiger charge is 2.61. The Hall–Kier alpha value is -3.84. The quantitative estimate of drug-likeness (QED) is 0.331. The van der Waals surface area contributed by atoms with Gasteiger partial charge in [-0.05, 0) is 12.1 Å². The molecular formula is C24H22N2O10. The van der Waals surface area contributed by atoms with E-state index in [2.05, 4.69) is 6.58 Å². The van der Waals surface area contributed by atoms with Crippen LogP contribution in [0.1, 0.15) is 11.9 Å². The summed E-state index contributed by atoms with van der Waals surface area (Å²) >= 11 is 0. The maximum absolute atomic E-state index is 13.0. The highest BCUT2D eigenvalue weighted by molar-refractivity contribution is 5.91. The van der Waals surface area contributed by atoms with Crippen LogP contribution in [0.2, 0.25) is 0 Å². The fourth-order valence-corrected chi connectivity index (χ4v) is 4.32. The van der Waals surface area contributed by atoms with E-state index in [4.69, 9.17) is 28.4 Å². The lowest BCUT2D eigenvalue weighted by Crippen LogP contribution is -2.64. The van der Waals surface area contributed by atoms with Gasteiger partial charge in [0, 0.05) is 17.7 Å². The van der Waals surface area contributed by atoms with E-state index < -0.39 is 54.0 Å². The molecule has 0 unspecified atom stereocenters. The molecule has 12 heteroatoms. The van der Waals surface area contributed by atoms with E-state index in [-0.39, 0.29) is 24.7 Å². The van der Waals surface area contributed by atoms with Crippen LogP contribution in [0.5, 0.6) is 5.75 Å². The van der Waals surface area contributed by atoms with Gasteiger partial charge in [0.15, 0.2) is 18.7 Å². The molecule has 3 saturated heterocycles. The Morgan fingerprint density at radius 2 is 1.89 bits per heavy atom. The smallest absolute Gasteiger partial charge is 0.425 e. The van der Waals surface area contributed by atoms with Crippen molar-refractivity contribution in [3.8, 4) is 5.75 Å². The molecular weight excluding hydrogens is 476 g/mol. The average molecular weight is 498 g/mol. The summed E-state index contributed by atoms with van der Waals surface area (Å²) in [5.41, 5.74) is 0.598. The molecule has 0 aliphatic carbocycles. The van der Waals surface area contributed by atoms with Crippen LogP contribution >= 0.6 is 0 Å². The van der Waals surface area contributed by atoms with Gasteiger partial charge in [0.2, 0.25) is 0 Å². The number of rotatable bonds is 6. The largest absolute Gasteiger partial charge is 0.440 e. The van der Waals surface area contributed by atoms with Crippen molar-refractivity contribution in [3.63, 3.8) is 0 Å². The first-order valence-electron chi connectivity index (χ1n) is 11.1. The van der Waals surface area contributed by atoms with Crippen LogP contribution in [-0.4, -0.2) is 65.9 Å². The molecule has 3 heterocycles. The third-order valence-corrected chi connectivity index (χ3v) is 5.94. The summed E-state index contributed by atoms with van der Waals surface area (Å²) in [5, 5.41) is 10.9. The van der Waals surface area contributed by atoms with Crippen LogP contribution in [0, 0.1) is 10.1 Å². The molecule has 0 saturated carbocycles. The average Bonchev–Trinajstić information content (AvgIpc) is 3.25. The summed E-state index contributed by atoms with van der Waals surface area (Å²) in [4.78, 5) is 36.9. The molecule has 0 N–H and O–H groups in total. The number of hydrogen-bond donors (Lipinski definition) is 0. The highest BCUT2D eigenvalue weighted by atomic mass is 16.8. The minimum atomic E-state index is -1.06. The van der Waals surface area contributed by atoms with Gasteiger partial charge in [-0.2, -0.15) is 4.90 Å². The van der Waals surface area contributed by atoms with Gasteiger partial charge in [-0.1, -0.05) is 36.4 Å². The molecule has 188 valence electrons. The maximum Gasteiger partial charge on any atom is 0.425 e. The molecule has 3 aliphatic rings. The van der Waals surface area contributed by atoms with E-state index in [0.29, 0.717) is 0 Å². The molecule has 0 spiro atoms. The number of imide groups is 1. The number of nitrogens with zero attached hydrogens (tertiary/aromatic N) is 2. The van der Waals surface area contributed by atoms with Crippen molar-refractivity contribution in [2.45, 2.75) is 36.9 Å². The van der Waals surface area contributed by atoms with Crippen LogP contribution in [0.4, 0.5) is 15.3 Å². The summed E-state index contributed by atoms with van der Waals surface area (Å²) in [6, 6.07) is 13.1. The zero-order chi connectivity index (χ0) is 25.2. The Balaban J connectivity index is 1.38. The first kappa shape index (κ1) is 23.9. The van der Waals surface area contributed by atoms with Gasteiger partial charge in [-0.25, -0.2) is 9.59 Å². The number of ether oxygens (including phenoxy) is 6. The van der Waals surface area contributed by atoms with E-state index >= 15 is 0 Å². The number of hydrogen-bond acceptors (Lipinski definition) is 10. The summed E-state index contributed by atoms with van der Waals surface area (Å²) in [6.07, 6.45) is -4.60. The number of carbonyl (C=O) groups is 2. The molecule has 3 aliphatic heterocycles.